The lowest BCUT2D eigenvalue weighted by Crippen LogP contribution is -2.45. The number of methoxy groups -OCH3 is 1. The van der Waals surface area contributed by atoms with E-state index in [-0.39, 0.29) is 18.4 Å². The molecule has 0 aliphatic carbocycles. The van der Waals surface area contributed by atoms with Crippen molar-refractivity contribution in [3.8, 4) is 5.75 Å². The number of carbonyl (C=O) groups excluding carboxylic acids is 3. The molecule has 0 saturated carbocycles. The van der Waals surface area contributed by atoms with Crippen LogP contribution in [-0.4, -0.2) is 49.7 Å². The summed E-state index contributed by atoms with van der Waals surface area (Å²) in [7, 11) is 1.28. The van der Waals surface area contributed by atoms with Crippen LogP contribution in [0.1, 0.15) is 6.42 Å². The van der Waals surface area contributed by atoms with Gasteiger partial charge in [0.2, 0.25) is 5.91 Å². The molecule has 2 aromatic rings. The molecule has 0 spiro atoms. The molecule has 3 N–H and O–H groups in total. The third-order valence-corrected chi connectivity index (χ3v) is 4.60. The summed E-state index contributed by atoms with van der Waals surface area (Å²) >= 11 is 1.59. The van der Waals surface area contributed by atoms with E-state index in [9.17, 15) is 14.4 Å². The zero-order chi connectivity index (χ0) is 21.8. The number of carbonyl (C=O) groups is 3. The van der Waals surface area contributed by atoms with Crippen LogP contribution < -0.4 is 20.7 Å². The molecule has 3 amide bonds. The summed E-state index contributed by atoms with van der Waals surface area (Å²) in [5.41, 5.74) is 1.07. The molecule has 2 rings (SSSR count). The van der Waals surface area contributed by atoms with Crippen molar-refractivity contribution < 1.29 is 23.9 Å². The average Bonchev–Trinajstić information content (AvgIpc) is 2.77. The third-order valence-electron chi connectivity index (χ3n) is 3.96. The molecule has 1 unspecified atom stereocenters. The molecule has 2 aromatic carbocycles. The van der Waals surface area contributed by atoms with Gasteiger partial charge in [-0.3, -0.25) is 14.9 Å². The van der Waals surface area contributed by atoms with E-state index in [0.717, 1.165) is 0 Å². The van der Waals surface area contributed by atoms with Gasteiger partial charge < -0.3 is 20.1 Å². The number of anilines is 2. The van der Waals surface area contributed by atoms with Crippen molar-refractivity contribution in [2.75, 3.05) is 36.4 Å². The van der Waals surface area contributed by atoms with Gasteiger partial charge in [-0.15, -0.1) is 0 Å². The highest BCUT2D eigenvalue weighted by atomic mass is 32.2. The summed E-state index contributed by atoms with van der Waals surface area (Å²) in [6.07, 6.45) is 1.83. The maximum absolute atomic E-state index is 12.7. The summed E-state index contributed by atoms with van der Waals surface area (Å²) in [5.74, 6) is 0.585. The quantitative estimate of drug-likeness (QED) is 0.534. The number of benzene rings is 2. The van der Waals surface area contributed by atoms with Crippen molar-refractivity contribution >= 4 is 41.0 Å². The number of hydrogen-bond donors (Lipinski definition) is 3. The van der Waals surface area contributed by atoms with Crippen LogP contribution >= 0.6 is 11.8 Å². The first kappa shape index (κ1) is 23.1. The monoisotopic (exact) mass is 431 g/mol. The molecule has 0 aromatic heterocycles. The first-order valence-electron chi connectivity index (χ1n) is 9.24. The molecular weight excluding hydrogens is 406 g/mol. The molecule has 0 heterocycles. The SMILES string of the molecule is COC(=O)Nc1ccc(NC(=O)C(CCSC)NC(=O)COc2ccccc2)cc1. The highest BCUT2D eigenvalue weighted by Crippen LogP contribution is 2.15. The Balaban J connectivity index is 1.91. The average molecular weight is 432 g/mol. The first-order chi connectivity index (χ1) is 14.5. The molecule has 160 valence electrons. The minimum atomic E-state index is -0.697. The van der Waals surface area contributed by atoms with Gasteiger partial charge in [-0.25, -0.2) is 4.79 Å². The van der Waals surface area contributed by atoms with Gasteiger partial charge in [-0.2, -0.15) is 11.8 Å². The van der Waals surface area contributed by atoms with Crippen LogP contribution in [0.3, 0.4) is 0 Å². The molecule has 0 aliphatic heterocycles. The number of thioether (sulfide) groups is 1. The molecule has 0 bridgehead atoms. The Morgan fingerprint density at radius 3 is 2.20 bits per heavy atom. The Kier molecular flexibility index (Phi) is 9.53. The molecule has 8 nitrogen and oxygen atoms in total. The van der Waals surface area contributed by atoms with Crippen molar-refractivity contribution in [2.24, 2.45) is 0 Å². The Labute approximate surface area is 179 Å². The van der Waals surface area contributed by atoms with Crippen molar-refractivity contribution in [1.82, 2.24) is 5.32 Å². The topological polar surface area (TPSA) is 106 Å². The van der Waals surface area contributed by atoms with Gasteiger partial charge in [0.05, 0.1) is 7.11 Å². The normalized spacial score (nSPS) is 11.1. The second-order valence-electron chi connectivity index (χ2n) is 6.19. The zero-order valence-electron chi connectivity index (χ0n) is 16.8. The molecule has 0 radical (unpaired) electrons. The van der Waals surface area contributed by atoms with Gasteiger partial charge in [0.25, 0.3) is 5.91 Å². The van der Waals surface area contributed by atoms with E-state index in [4.69, 9.17) is 4.74 Å². The molecule has 1 atom stereocenters. The van der Waals surface area contributed by atoms with E-state index in [1.165, 1.54) is 7.11 Å². The lowest BCUT2D eigenvalue weighted by atomic mass is 10.2. The summed E-state index contributed by atoms with van der Waals surface area (Å²) in [6, 6.07) is 14.9. The Morgan fingerprint density at radius 2 is 1.60 bits per heavy atom. The summed E-state index contributed by atoms with van der Waals surface area (Å²) in [5, 5.41) is 8.03. The van der Waals surface area contributed by atoms with Crippen LogP contribution in [0.15, 0.2) is 54.6 Å². The van der Waals surface area contributed by atoms with Crippen LogP contribution in [0.5, 0.6) is 5.75 Å². The maximum Gasteiger partial charge on any atom is 0.411 e. The fourth-order valence-corrected chi connectivity index (χ4v) is 2.91. The van der Waals surface area contributed by atoms with E-state index >= 15 is 0 Å². The van der Waals surface area contributed by atoms with Crippen LogP contribution in [0.4, 0.5) is 16.2 Å². The number of para-hydroxylation sites is 1. The van der Waals surface area contributed by atoms with Crippen molar-refractivity contribution in [3.05, 3.63) is 54.6 Å². The predicted molar refractivity (Wildman–Crippen MR) is 118 cm³/mol. The van der Waals surface area contributed by atoms with Gasteiger partial charge in [0.15, 0.2) is 6.61 Å². The number of ether oxygens (including phenoxy) is 2. The predicted octanol–water partition coefficient (Wildman–Crippen LogP) is 3.12. The van der Waals surface area contributed by atoms with Gasteiger partial charge in [-0.1, -0.05) is 18.2 Å². The molecule has 0 aliphatic rings. The van der Waals surface area contributed by atoms with Gasteiger partial charge in [-0.05, 0) is 54.8 Å². The van der Waals surface area contributed by atoms with Gasteiger partial charge >= 0.3 is 6.09 Å². The minimum absolute atomic E-state index is 0.180. The van der Waals surface area contributed by atoms with E-state index < -0.39 is 12.1 Å². The largest absolute Gasteiger partial charge is 0.484 e. The highest BCUT2D eigenvalue weighted by Gasteiger charge is 2.21. The molecule has 0 fully saturated rings. The maximum atomic E-state index is 12.7. The van der Waals surface area contributed by atoms with Crippen molar-refractivity contribution in [3.63, 3.8) is 0 Å². The third kappa shape index (κ3) is 8.04. The fraction of sp³-hybridized carbons (Fsp3) is 0.286. The Bertz CT molecular complexity index is 830. The lowest BCUT2D eigenvalue weighted by molar-refractivity contribution is -0.127. The number of rotatable bonds is 10. The van der Waals surface area contributed by atoms with E-state index in [2.05, 4.69) is 20.7 Å². The van der Waals surface area contributed by atoms with E-state index in [0.29, 0.717) is 29.3 Å². The Hall–Kier alpha value is -3.20. The smallest absolute Gasteiger partial charge is 0.411 e. The van der Waals surface area contributed by atoms with Crippen LogP contribution in [0.25, 0.3) is 0 Å². The fourth-order valence-electron chi connectivity index (χ4n) is 2.44. The molecule has 9 heteroatoms. The summed E-state index contributed by atoms with van der Waals surface area (Å²) in [6.45, 7) is -0.180. The second-order valence-corrected chi connectivity index (χ2v) is 7.17. The highest BCUT2D eigenvalue weighted by molar-refractivity contribution is 7.98. The second kappa shape index (κ2) is 12.4. The number of nitrogens with one attached hydrogen (secondary N) is 3. The summed E-state index contributed by atoms with van der Waals surface area (Å²) in [4.78, 5) is 36.1. The lowest BCUT2D eigenvalue weighted by Gasteiger charge is -2.18. The van der Waals surface area contributed by atoms with Crippen molar-refractivity contribution in [2.45, 2.75) is 12.5 Å². The van der Waals surface area contributed by atoms with Crippen LogP contribution in [0.2, 0.25) is 0 Å². The Morgan fingerprint density at radius 1 is 0.967 bits per heavy atom. The van der Waals surface area contributed by atoms with Crippen LogP contribution in [-0.2, 0) is 14.3 Å². The summed E-state index contributed by atoms with van der Waals surface area (Å²) < 4.78 is 9.96. The molecule has 0 saturated heterocycles. The van der Waals surface area contributed by atoms with E-state index in [1.807, 2.05) is 24.5 Å². The first-order valence-corrected chi connectivity index (χ1v) is 10.6. The standard InChI is InChI=1S/C21H25N3O5S/c1-28-21(27)23-16-10-8-15(9-11-16)22-20(26)18(12-13-30-2)24-19(25)14-29-17-6-4-3-5-7-17/h3-11,18H,12-14H2,1-2H3,(H,22,26)(H,23,27)(H,24,25). The molecular formula is C21H25N3O5S. The van der Waals surface area contributed by atoms with Gasteiger partial charge in [0, 0.05) is 11.4 Å². The van der Waals surface area contributed by atoms with E-state index in [1.54, 1.807) is 48.2 Å². The molecule has 30 heavy (non-hydrogen) atoms. The number of amides is 3. The van der Waals surface area contributed by atoms with Crippen LogP contribution in [0, 0.1) is 0 Å². The van der Waals surface area contributed by atoms with Gasteiger partial charge in [0.1, 0.15) is 11.8 Å². The number of hydrogen-bond acceptors (Lipinski definition) is 6. The van der Waals surface area contributed by atoms with Crippen molar-refractivity contribution in [1.29, 1.82) is 0 Å². The zero-order valence-corrected chi connectivity index (χ0v) is 17.7. The minimum Gasteiger partial charge on any atom is -0.484 e.